The summed E-state index contributed by atoms with van der Waals surface area (Å²) in [6, 6.07) is 3.72. The van der Waals surface area contributed by atoms with Crippen molar-refractivity contribution in [1.29, 1.82) is 0 Å². The molecule has 0 saturated heterocycles. The number of thiophene rings is 1. The highest BCUT2D eigenvalue weighted by atomic mass is 32.1. The second-order valence-corrected chi connectivity index (χ2v) is 7.09. The first kappa shape index (κ1) is 17.3. The van der Waals surface area contributed by atoms with Crippen molar-refractivity contribution in [3.63, 3.8) is 0 Å². The molecule has 0 saturated carbocycles. The smallest absolute Gasteiger partial charge is 0.311 e. The fourth-order valence-electron chi connectivity index (χ4n) is 2.22. The maximum atomic E-state index is 12.5. The number of anilines is 2. The van der Waals surface area contributed by atoms with Crippen LogP contribution in [0.25, 0.3) is 10.2 Å². The van der Waals surface area contributed by atoms with Gasteiger partial charge in [0.1, 0.15) is 9.71 Å². The molecule has 0 aliphatic rings. The summed E-state index contributed by atoms with van der Waals surface area (Å²) in [5.74, 6) is -0.684. The lowest BCUT2D eigenvalue weighted by Crippen LogP contribution is -2.12. The summed E-state index contributed by atoms with van der Waals surface area (Å²) in [6.07, 6.45) is 0.0778. The van der Waals surface area contributed by atoms with Gasteiger partial charge in [-0.25, -0.2) is 9.97 Å². The molecule has 0 aromatic carbocycles. The van der Waals surface area contributed by atoms with Crippen molar-refractivity contribution in [3.05, 3.63) is 33.8 Å². The number of aryl methyl sites for hydroxylation is 1. The van der Waals surface area contributed by atoms with E-state index in [1.807, 2.05) is 19.1 Å². The Balaban J connectivity index is 1.75. The molecular weight excluding hydrogens is 360 g/mol. The van der Waals surface area contributed by atoms with E-state index in [-0.39, 0.29) is 18.3 Å². The van der Waals surface area contributed by atoms with E-state index in [0.29, 0.717) is 28.0 Å². The standard InChI is InChI=1S/C16H16N4O3S2/c1-3-23-11(21)6-9-7-24-16(19-9)20-14(22)13-12(17)10-5-4-8(2)18-15(10)25-13/h4-5,7H,3,6,17H2,1-2H3,(H,19,20,22). The van der Waals surface area contributed by atoms with Gasteiger partial charge in [0.25, 0.3) is 5.91 Å². The molecule has 130 valence electrons. The van der Waals surface area contributed by atoms with Gasteiger partial charge in [-0.1, -0.05) is 0 Å². The van der Waals surface area contributed by atoms with Crippen LogP contribution in [-0.4, -0.2) is 28.5 Å². The number of amides is 1. The van der Waals surface area contributed by atoms with Crippen LogP contribution in [0.2, 0.25) is 0 Å². The van der Waals surface area contributed by atoms with Gasteiger partial charge in [-0.15, -0.1) is 22.7 Å². The number of fused-ring (bicyclic) bond motifs is 1. The molecule has 3 aromatic heterocycles. The van der Waals surface area contributed by atoms with Crippen LogP contribution in [0.15, 0.2) is 17.5 Å². The number of rotatable bonds is 5. The number of nitrogen functional groups attached to an aromatic ring is 1. The number of hydrogen-bond acceptors (Lipinski definition) is 8. The zero-order valence-electron chi connectivity index (χ0n) is 13.7. The van der Waals surface area contributed by atoms with Crippen LogP contribution in [0.1, 0.15) is 28.0 Å². The number of aromatic nitrogens is 2. The van der Waals surface area contributed by atoms with Crippen LogP contribution in [0, 0.1) is 6.92 Å². The molecule has 0 fully saturated rings. The van der Waals surface area contributed by atoms with Crippen molar-refractivity contribution in [2.45, 2.75) is 20.3 Å². The second-order valence-electron chi connectivity index (χ2n) is 5.23. The predicted octanol–water partition coefficient (Wildman–Crippen LogP) is 3.00. The quantitative estimate of drug-likeness (QED) is 0.663. The molecule has 0 aliphatic heterocycles. The summed E-state index contributed by atoms with van der Waals surface area (Å²) in [7, 11) is 0. The van der Waals surface area contributed by atoms with Gasteiger partial charge in [0.15, 0.2) is 5.13 Å². The number of nitrogens with one attached hydrogen (secondary N) is 1. The van der Waals surface area contributed by atoms with E-state index in [9.17, 15) is 9.59 Å². The van der Waals surface area contributed by atoms with E-state index in [0.717, 1.165) is 15.9 Å². The number of hydrogen-bond donors (Lipinski definition) is 2. The van der Waals surface area contributed by atoms with E-state index in [1.54, 1.807) is 12.3 Å². The van der Waals surface area contributed by atoms with Gasteiger partial charge in [-0.2, -0.15) is 0 Å². The van der Waals surface area contributed by atoms with Gasteiger partial charge < -0.3 is 10.5 Å². The number of ether oxygens (including phenoxy) is 1. The van der Waals surface area contributed by atoms with Gasteiger partial charge >= 0.3 is 5.97 Å². The Hall–Kier alpha value is -2.52. The average Bonchev–Trinajstić information content (AvgIpc) is 3.12. The number of carbonyl (C=O) groups is 2. The van der Waals surface area contributed by atoms with Crippen LogP contribution in [-0.2, 0) is 16.0 Å². The SMILES string of the molecule is CCOC(=O)Cc1csc(NC(=O)c2sc3nc(C)ccc3c2N)n1. The number of esters is 1. The zero-order valence-corrected chi connectivity index (χ0v) is 15.3. The minimum absolute atomic E-state index is 0.0778. The zero-order chi connectivity index (χ0) is 18.0. The summed E-state index contributed by atoms with van der Waals surface area (Å²) < 4.78 is 4.88. The molecular formula is C16H16N4O3S2. The fourth-order valence-corrected chi connectivity index (χ4v) is 3.96. The third kappa shape index (κ3) is 3.77. The van der Waals surface area contributed by atoms with Crippen LogP contribution < -0.4 is 11.1 Å². The number of pyridine rings is 1. The molecule has 3 rings (SSSR count). The van der Waals surface area contributed by atoms with Crippen LogP contribution in [0.3, 0.4) is 0 Å². The molecule has 1 amide bonds. The van der Waals surface area contributed by atoms with Crippen molar-refractivity contribution in [3.8, 4) is 0 Å². The largest absolute Gasteiger partial charge is 0.466 e. The third-order valence-corrected chi connectivity index (χ3v) is 5.26. The molecule has 3 heterocycles. The van der Waals surface area contributed by atoms with E-state index < -0.39 is 0 Å². The summed E-state index contributed by atoms with van der Waals surface area (Å²) in [5.41, 5.74) is 7.91. The van der Waals surface area contributed by atoms with Crippen molar-refractivity contribution >= 4 is 55.6 Å². The minimum Gasteiger partial charge on any atom is -0.466 e. The number of nitrogens with zero attached hydrogens (tertiary/aromatic N) is 2. The summed E-state index contributed by atoms with van der Waals surface area (Å²) in [4.78, 5) is 33.7. The molecule has 0 spiro atoms. The summed E-state index contributed by atoms with van der Waals surface area (Å²) >= 11 is 2.49. The fraction of sp³-hybridized carbons (Fsp3) is 0.250. The number of carbonyl (C=O) groups excluding carboxylic acids is 2. The van der Waals surface area contributed by atoms with Gasteiger partial charge in [-0.3, -0.25) is 14.9 Å². The topological polar surface area (TPSA) is 107 Å². The third-order valence-electron chi connectivity index (χ3n) is 3.34. The second kappa shape index (κ2) is 7.16. The Morgan fingerprint density at radius 1 is 1.32 bits per heavy atom. The van der Waals surface area contributed by atoms with Crippen molar-refractivity contribution in [2.24, 2.45) is 0 Å². The van der Waals surface area contributed by atoms with Crippen LogP contribution >= 0.6 is 22.7 Å². The first-order valence-electron chi connectivity index (χ1n) is 7.55. The first-order chi connectivity index (χ1) is 12.0. The van der Waals surface area contributed by atoms with E-state index in [1.165, 1.54) is 22.7 Å². The van der Waals surface area contributed by atoms with Gasteiger partial charge in [0.05, 0.1) is 24.4 Å². The van der Waals surface area contributed by atoms with Crippen molar-refractivity contribution < 1.29 is 14.3 Å². The minimum atomic E-state index is -0.346. The van der Waals surface area contributed by atoms with Gasteiger partial charge in [-0.05, 0) is 26.0 Å². The maximum absolute atomic E-state index is 12.5. The molecule has 0 atom stereocenters. The molecule has 3 aromatic rings. The molecule has 0 aliphatic carbocycles. The maximum Gasteiger partial charge on any atom is 0.311 e. The van der Waals surface area contributed by atoms with E-state index in [2.05, 4.69) is 15.3 Å². The number of nitrogens with two attached hydrogens (primary N) is 1. The van der Waals surface area contributed by atoms with Crippen molar-refractivity contribution in [1.82, 2.24) is 9.97 Å². The Morgan fingerprint density at radius 3 is 2.88 bits per heavy atom. The highest BCUT2D eigenvalue weighted by Crippen LogP contribution is 2.33. The van der Waals surface area contributed by atoms with Crippen LogP contribution in [0.5, 0.6) is 0 Å². The normalized spacial score (nSPS) is 10.8. The highest BCUT2D eigenvalue weighted by molar-refractivity contribution is 7.21. The first-order valence-corrected chi connectivity index (χ1v) is 9.24. The molecule has 0 unspecified atom stereocenters. The average molecular weight is 376 g/mol. The lowest BCUT2D eigenvalue weighted by molar-refractivity contribution is -0.142. The molecule has 9 heteroatoms. The van der Waals surface area contributed by atoms with Crippen LogP contribution in [0.4, 0.5) is 10.8 Å². The monoisotopic (exact) mass is 376 g/mol. The molecule has 0 radical (unpaired) electrons. The molecule has 25 heavy (non-hydrogen) atoms. The summed E-state index contributed by atoms with van der Waals surface area (Å²) in [6.45, 7) is 3.96. The Labute approximate surface area is 151 Å². The predicted molar refractivity (Wildman–Crippen MR) is 99.2 cm³/mol. The van der Waals surface area contributed by atoms with Gasteiger partial charge in [0.2, 0.25) is 0 Å². The highest BCUT2D eigenvalue weighted by Gasteiger charge is 2.19. The number of thiazole rings is 1. The lowest BCUT2D eigenvalue weighted by Gasteiger charge is -2.00. The molecule has 0 bridgehead atoms. The Bertz CT molecular complexity index is 948. The molecule has 3 N–H and O–H groups in total. The van der Waals surface area contributed by atoms with Crippen molar-refractivity contribution in [2.75, 3.05) is 17.7 Å². The van der Waals surface area contributed by atoms with E-state index in [4.69, 9.17) is 10.5 Å². The Morgan fingerprint density at radius 2 is 2.12 bits per heavy atom. The molecule has 7 nitrogen and oxygen atoms in total. The summed E-state index contributed by atoms with van der Waals surface area (Å²) in [5, 5.41) is 5.61. The van der Waals surface area contributed by atoms with Gasteiger partial charge in [0, 0.05) is 16.5 Å². The lowest BCUT2D eigenvalue weighted by atomic mass is 10.2. The Kier molecular flexibility index (Phi) is 4.95. The van der Waals surface area contributed by atoms with E-state index >= 15 is 0 Å².